The van der Waals surface area contributed by atoms with E-state index in [9.17, 15) is 0 Å². The topological polar surface area (TPSA) is 29.9 Å². The van der Waals surface area contributed by atoms with Crippen molar-refractivity contribution in [1.82, 2.24) is 14.9 Å². The molecule has 0 amide bonds. The minimum absolute atomic E-state index is 0.115. The number of halogens is 1. The number of nitrogens with zero attached hydrogens (tertiary/aromatic N) is 2. The van der Waals surface area contributed by atoms with E-state index in [1.807, 2.05) is 19.4 Å². The number of rotatable bonds is 4. The van der Waals surface area contributed by atoms with Gasteiger partial charge in [-0.05, 0) is 25.1 Å². The second kappa shape index (κ2) is 5.67. The summed E-state index contributed by atoms with van der Waals surface area (Å²) in [6, 6.07) is 6.52. The zero-order valence-corrected chi connectivity index (χ0v) is 12.5. The Morgan fingerprint density at radius 1 is 1.44 bits per heavy atom. The predicted octanol–water partition coefficient (Wildman–Crippen LogP) is 3.19. The third kappa shape index (κ3) is 2.65. The van der Waals surface area contributed by atoms with Crippen LogP contribution in [0.1, 0.15) is 29.9 Å². The molecule has 1 aromatic carbocycles. The van der Waals surface area contributed by atoms with Gasteiger partial charge in [0, 0.05) is 23.9 Å². The van der Waals surface area contributed by atoms with E-state index in [2.05, 4.69) is 62.8 Å². The smallest absolute Gasteiger partial charge is 0.130 e. The van der Waals surface area contributed by atoms with Crippen LogP contribution in [0, 0.1) is 6.92 Å². The van der Waals surface area contributed by atoms with Gasteiger partial charge in [0.1, 0.15) is 5.82 Å². The van der Waals surface area contributed by atoms with Crippen molar-refractivity contribution in [3.05, 3.63) is 52.0 Å². The maximum absolute atomic E-state index is 4.46. The highest BCUT2D eigenvalue weighted by Crippen LogP contribution is 2.28. The summed E-state index contributed by atoms with van der Waals surface area (Å²) in [6.45, 7) is 5.12. The van der Waals surface area contributed by atoms with E-state index in [1.165, 1.54) is 11.1 Å². The van der Waals surface area contributed by atoms with Crippen LogP contribution < -0.4 is 5.32 Å². The molecule has 0 saturated heterocycles. The number of nitrogens with one attached hydrogen (secondary N) is 1. The highest BCUT2D eigenvalue weighted by Gasteiger charge is 2.19. The Morgan fingerprint density at radius 2 is 2.22 bits per heavy atom. The van der Waals surface area contributed by atoms with Gasteiger partial charge in [-0.15, -0.1) is 0 Å². The van der Waals surface area contributed by atoms with Crippen LogP contribution in [-0.4, -0.2) is 16.1 Å². The van der Waals surface area contributed by atoms with Gasteiger partial charge in [0.15, 0.2) is 0 Å². The summed E-state index contributed by atoms with van der Waals surface area (Å²) in [6.07, 6.45) is 3.81. The van der Waals surface area contributed by atoms with E-state index >= 15 is 0 Å². The minimum atomic E-state index is 0.115. The molecule has 1 heterocycles. The highest BCUT2D eigenvalue weighted by atomic mass is 79.9. The summed E-state index contributed by atoms with van der Waals surface area (Å²) in [5.41, 5.74) is 2.48. The van der Waals surface area contributed by atoms with Gasteiger partial charge < -0.3 is 9.88 Å². The molecule has 1 aromatic heterocycles. The Hall–Kier alpha value is -1.13. The van der Waals surface area contributed by atoms with Crippen LogP contribution in [0.15, 0.2) is 35.1 Å². The Labute approximate surface area is 116 Å². The van der Waals surface area contributed by atoms with Gasteiger partial charge in [-0.3, -0.25) is 0 Å². The molecule has 1 N–H and O–H groups in total. The van der Waals surface area contributed by atoms with Gasteiger partial charge in [-0.1, -0.05) is 40.5 Å². The zero-order valence-electron chi connectivity index (χ0n) is 10.9. The van der Waals surface area contributed by atoms with E-state index in [0.29, 0.717) is 0 Å². The van der Waals surface area contributed by atoms with Gasteiger partial charge in [-0.25, -0.2) is 4.98 Å². The fourth-order valence-electron chi connectivity index (χ4n) is 2.08. The average Bonchev–Trinajstić information content (AvgIpc) is 2.76. The molecule has 4 heteroatoms. The van der Waals surface area contributed by atoms with Crippen LogP contribution in [0.3, 0.4) is 0 Å². The lowest BCUT2D eigenvalue weighted by Crippen LogP contribution is -2.25. The van der Waals surface area contributed by atoms with Crippen LogP contribution >= 0.6 is 15.9 Å². The minimum Gasteiger partial charge on any atom is -0.336 e. The normalized spacial score (nSPS) is 12.7. The highest BCUT2D eigenvalue weighted by molar-refractivity contribution is 9.10. The molecule has 2 rings (SSSR count). The van der Waals surface area contributed by atoms with Gasteiger partial charge in [0.05, 0.1) is 6.04 Å². The molecule has 1 unspecified atom stereocenters. The first-order valence-corrected chi connectivity index (χ1v) is 6.89. The first-order chi connectivity index (χ1) is 8.63. The molecule has 1 atom stereocenters. The molecule has 0 spiro atoms. The molecule has 0 aliphatic rings. The van der Waals surface area contributed by atoms with E-state index in [0.717, 1.165) is 16.8 Å². The number of hydrogen-bond donors (Lipinski definition) is 1. The van der Waals surface area contributed by atoms with Crippen molar-refractivity contribution in [2.45, 2.75) is 19.9 Å². The number of aromatic nitrogens is 2. The van der Waals surface area contributed by atoms with Crippen molar-refractivity contribution in [2.75, 3.05) is 6.54 Å². The summed E-state index contributed by atoms with van der Waals surface area (Å²) in [5.74, 6) is 1.03. The van der Waals surface area contributed by atoms with Crippen molar-refractivity contribution in [3.8, 4) is 0 Å². The van der Waals surface area contributed by atoms with Crippen LogP contribution in [-0.2, 0) is 7.05 Å². The molecule has 0 radical (unpaired) electrons. The Bertz CT molecular complexity index is 534. The number of imidazole rings is 1. The monoisotopic (exact) mass is 307 g/mol. The van der Waals surface area contributed by atoms with Crippen LogP contribution in [0.25, 0.3) is 0 Å². The van der Waals surface area contributed by atoms with E-state index in [4.69, 9.17) is 0 Å². The van der Waals surface area contributed by atoms with Gasteiger partial charge in [0.2, 0.25) is 0 Å². The van der Waals surface area contributed by atoms with E-state index < -0.39 is 0 Å². The molecule has 0 bridgehead atoms. The van der Waals surface area contributed by atoms with Crippen molar-refractivity contribution >= 4 is 15.9 Å². The fourth-order valence-corrected chi connectivity index (χ4v) is 2.56. The standard InChI is InChI=1S/C14H18BrN3/c1-4-16-13(14-17-7-8-18(14)3)11-9-10(2)5-6-12(11)15/h5-9,13,16H,4H2,1-3H3. The maximum Gasteiger partial charge on any atom is 0.130 e. The van der Waals surface area contributed by atoms with Crippen LogP contribution in [0.5, 0.6) is 0 Å². The third-order valence-corrected chi connectivity index (χ3v) is 3.71. The Kier molecular flexibility index (Phi) is 4.19. The lowest BCUT2D eigenvalue weighted by Gasteiger charge is -2.20. The van der Waals surface area contributed by atoms with Crippen molar-refractivity contribution < 1.29 is 0 Å². The summed E-state index contributed by atoms with van der Waals surface area (Å²) in [4.78, 5) is 4.46. The molecule has 0 saturated carbocycles. The lowest BCUT2D eigenvalue weighted by atomic mass is 10.0. The summed E-state index contributed by atoms with van der Waals surface area (Å²) >= 11 is 3.63. The second-order valence-electron chi connectivity index (χ2n) is 4.41. The van der Waals surface area contributed by atoms with E-state index in [-0.39, 0.29) is 6.04 Å². The SMILES string of the molecule is CCNC(c1cc(C)ccc1Br)c1nccn1C. The number of hydrogen-bond acceptors (Lipinski definition) is 2. The summed E-state index contributed by atoms with van der Waals surface area (Å²) in [5, 5.41) is 3.50. The van der Waals surface area contributed by atoms with Gasteiger partial charge in [-0.2, -0.15) is 0 Å². The molecule has 18 heavy (non-hydrogen) atoms. The lowest BCUT2D eigenvalue weighted by molar-refractivity contribution is 0.575. The molecule has 0 aliphatic carbocycles. The summed E-state index contributed by atoms with van der Waals surface area (Å²) in [7, 11) is 2.02. The molecule has 3 nitrogen and oxygen atoms in total. The third-order valence-electron chi connectivity index (χ3n) is 2.99. The van der Waals surface area contributed by atoms with Gasteiger partial charge >= 0.3 is 0 Å². The quantitative estimate of drug-likeness (QED) is 0.940. The van der Waals surface area contributed by atoms with Crippen molar-refractivity contribution in [1.29, 1.82) is 0 Å². The van der Waals surface area contributed by atoms with Crippen molar-refractivity contribution in [3.63, 3.8) is 0 Å². The summed E-state index contributed by atoms with van der Waals surface area (Å²) < 4.78 is 3.17. The Morgan fingerprint density at radius 3 is 2.83 bits per heavy atom. The zero-order chi connectivity index (χ0) is 13.1. The molecule has 96 valence electrons. The Balaban J connectivity index is 2.48. The average molecular weight is 308 g/mol. The second-order valence-corrected chi connectivity index (χ2v) is 5.27. The molecular formula is C14H18BrN3. The van der Waals surface area contributed by atoms with Crippen LogP contribution in [0.2, 0.25) is 0 Å². The molecule has 0 aliphatic heterocycles. The van der Waals surface area contributed by atoms with Gasteiger partial charge in [0.25, 0.3) is 0 Å². The fraction of sp³-hybridized carbons (Fsp3) is 0.357. The molecular weight excluding hydrogens is 290 g/mol. The number of benzene rings is 1. The van der Waals surface area contributed by atoms with Crippen LogP contribution in [0.4, 0.5) is 0 Å². The maximum atomic E-state index is 4.46. The number of aryl methyl sites for hydroxylation is 2. The molecule has 0 fully saturated rings. The predicted molar refractivity (Wildman–Crippen MR) is 77.6 cm³/mol. The largest absolute Gasteiger partial charge is 0.336 e. The first kappa shape index (κ1) is 13.3. The molecule has 2 aromatic rings. The van der Waals surface area contributed by atoms with Crippen molar-refractivity contribution in [2.24, 2.45) is 7.05 Å². The first-order valence-electron chi connectivity index (χ1n) is 6.10. The van der Waals surface area contributed by atoms with E-state index in [1.54, 1.807) is 0 Å².